The second-order valence-corrected chi connectivity index (χ2v) is 17.0. The number of nitrogens with one attached hydrogen (secondary N) is 3. The van der Waals surface area contributed by atoms with Gasteiger partial charge in [0.1, 0.15) is 0 Å². The topological polar surface area (TPSA) is 54.5 Å². The van der Waals surface area contributed by atoms with Crippen LogP contribution in [-0.4, -0.2) is 42.9 Å². The number of hydrogen-bond acceptors (Lipinski definition) is 5. The van der Waals surface area contributed by atoms with E-state index in [1.807, 2.05) is 0 Å². The minimum absolute atomic E-state index is 0.402. The number of rotatable bonds is 3. The maximum absolute atomic E-state index is 7.04. The monoisotopic (exact) mass is 579 g/mol. The molecule has 9 rings (SSSR count). The van der Waals surface area contributed by atoms with E-state index in [0.29, 0.717) is 48.8 Å². The fourth-order valence-corrected chi connectivity index (χ4v) is 13.1. The highest BCUT2D eigenvalue weighted by Gasteiger charge is 2.55. The van der Waals surface area contributed by atoms with E-state index in [1.165, 1.54) is 135 Å². The molecule has 0 spiro atoms. The quantitative estimate of drug-likeness (QED) is 0.333. The third-order valence-electron chi connectivity index (χ3n) is 15.1. The molecule has 6 saturated carbocycles. The van der Waals surface area contributed by atoms with Crippen LogP contribution in [0.25, 0.3) is 0 Å². The molecule has 3 saturated heterocycles. The van der Waals surface area contributed by atoms with E-state index in [1.54, 1.807) is 0 Å². The van der Waals surface area contributed by atoms with Crippen molar-refractivity contribution >= 4 is 0 Å². The third-order valence-corrected chi connectivity index (χ3v) is 15.1. The average molecular weight is 580 g/mol. The minimum Gasteiger partial charge on any atom is -0.374 e. The Morgan fingerprint density at radius 2 is 0.905 bits per heavy atom. The Bertz CT molecular complexity index is 940. The van der Waals surface area contributed by atoms with Crippen LogP contribution in [0.2, 0.25) is 0 Å². The molecule has 42 heavy (non-hydrogen) atoms. The van der Waals surface area contributed by atoms with Crippen LogP contribution in [0.5, 0.6) is 0 Å². The molecular formula is C37H61N3O2. The van der Waals surface area contributed by atoms with Crippen LogP contribution in [0.1, 0.15) is 135 Å². The zero-order valence-electron chi connectivity index (χ0n) is 26.4. The van der Waals surface area contributed by atoms with Gasteiger partial charge in [-0.3, -0.25) is 16.0 Å². The summed E-state index contributed by atoms with van der Waals surface area (Å²) in [7, 11) is 0. The van der Waals surface area contributed by atoms with Crippen molar-refractivity contribution < 1.29 is 9.47 Å². The minimum atomic E-state index is 0.402. The Labute approximate surface area is 256 Å². The standard InChI is InChI=1S/C37H61N3O2/c1-2-10-23(11-3-1)35-38-36(40-37(39-35)29-15-8-14-27-26-13-6-7-16-31(26)41-34(27)29)24-18-20-32-30(21-24)28-19-17-22-9-4-5-12-25(22)33(28)42-32/h22-40H,1-21H2. The number of ether oxygens (including phenoxy) is 2. The van der Waals surface area contributed by atoms with Crippen molar-refractivity contribution in [1.29, 1.82) is 0 Å². The van der Waals surface area contributed by atoms with Crippen LogP contribution in [0.15, 0.2) is 0 Å². The smallest absolute Gasteiger partial charge is 0.0666 e. The summed E-state index contributed by atoms with van der Waals surface area (Å²) in [5.74, 6) is 7.32. The predicted molar refractivity (Wildman–Crippen MR) is 166 cm³/mol. The van der Waals surface area contributed by atoms with Crippen molar-refractivity contribution in [3.63, 3.8) is 0 Å². The molecule has 3 N–H and O–H groups in total. The van der Waals surface area contributed by atoms with Gasteiger partial charge < -0.3 is 9.47 Å². The average Bonchev–Trinajstić information content (AvgIpc) is 3.63. The van der Waals surface area contributed by atoms with Crippen LogP contribution in [0.3, 0.4) is 0 Å². The van der Waals surface area contributed by atoms with Gasteiger partial charge in [0.2, 0.25) is 0 Å². The van der Waals surface area contributed by atoms with Gasteiger partial charge >= 0.3 is 0 Å². The van der Waals surface area contributed by atoms with Crippen LogP contribution in [0, 0.1) is 53.3 Å². The zero-order valence-corrected chi connectivity index (χ0v) is 26.4. The molecule has 3 aliphatic heterocycles. The summed E-state index contributed by atoms with van der Waals surface area (Å²) in [4.78, 5) is 0. The van der Waals surface area contributed by atoms with Crippen LogP contribution in [-0.2, 0) is 9.47 Å². The fourth-order valence-electron chi connectivity index (χ4n) is 13.1. The molecule has 9 aliphatic rings. The van der Waals surface area contributed by atoms with Gasteiger partial charge in [0, 0.05) is 5.92 Å². The normalized spacial score (nSPS) is 54.7. The maximum atomic E-state index is 7.04. The molecule has 0 radical (unpaired) electrons. The van der Waals surface area contributed by atoms with Crippen molar-refractivity contribution in [2.45, 2.75) is 178 Å². The molecule has 5 heteroatoms. The Kier molecular flexibility index (Phi) is 7.93. The number of hydrogen-bond donors (Lipinski definition) is 3. The van der Waals surface area contributed by atoms with Gasteiger partial charge in [-0.2, -0.15) is 0 Å². The van der Waals surface area contributed by atoms with Crippen molar-refractivity contribution in [1.82, 2.24) is 16.0 Å². The molecule has 0 aromatic rings. The highest BCUT2D eigenvalue weighted by Crippen LogP contribution is 2.55. The molecule has 236 valence electrons. The van der Waals surface area contributed by atoms with E-state index in [0.717, 1.165) is 47.3 Å². The Balaban J connectivity index is 0.935. The van der Waals surface area contributed by atoms with Crippen LogP contribution in [0.4, 0.5) is 0 Å². The molecule has 9 fully saturated rings. The first-order chi connectivity index (χ1) is 20.8. The summed E-state index contributed by atoms with van der Waals surface area (Å²) in [5, 5.41) is 12.8. The van der Waals surface area contributed by atoms with Crippen LogP contribution < -0.4 is 16.0 Å². The predicted octanol–water partition coefficient (Wildman–Crippen LogP) is 7.10. The van der Waals surface area contributed by atoms with Gasteiger partial charge in [0.05, 0.1) is 42.9 Å². The highest BCUT2D eigenvalue weighted by atomic mass is 16.5. The van der Waals surface area contributed by atoms with Gasteiger partial charge in [-0.25, -0.2) is 0 Å². The molecule has 0 aromatic heterocycles. The molecule has 3 heterocycles. The summed E-state index contributed by atoms with van der Waals surface area (Å²) >= 11 is 0. The summed E-state index contributed by atoms with van der Waals surface area (Å²) in [6.45, 7) is 0. The van der Waals surface area contributed by atoms with E-state index < -0.39 is 0 Å². The Hall–Kier alpha value is -0.200. The van der Waals surface area contributed by atoms with E-state index >= 15 is 0 Å². The van der Waals surface area contributed by atoms with Gasteiger partial charge in [0.25, 0.3) is 0 Å². The lowest BCUT2D eigenvalue weighted by Gasteiger charge is -2.51. The summed E-state index contributed by atoms with van der Waals surface area (Å²) in [6.07, 6.45) is 33.1. The van der Waals surface area contributed by atoms with Crippen molar-refractivity contribution in [2.24, 2.45) is 53.3 Å². The first-order valence-corrected chi connectivity index (χ1v) is 19.4. The van der Waals surface area contributed by atoms with Crippen LogP contribution >= 0.6 is 0 Å². The third kappa shape index (κ3) is 4.97. The second-order valence-electron chi connectivity index (χ2n) is 17.0. The first-order valence-electron chi connectivity index (χ1n) is 19.4. The lowest BCUT2D eigenvalue weighted by atomic mass is 9.62. The summed E-state index contributed by atoms with van der Waals surface area (Å²) < 4.78 is 14.1. The molecule has 5 nitrogen and oxygen atoms in total. The Morgan fingerprint density at radius 1 is 0.333 bits per heavy atom. The molecule has 15 atom stereocenters. The van der Waals surface area contributed by atoms with Gasteiger partial charge in [0.15, 0.2) is 0 Å². The lowest BCUT2D eigenvalue weighted by molar-refractivity contribution is -0.0622. The lowest BCUT2D eigenvalue weighted by Crippen LogP contribution is -2.73. The molecule has 6 aliphatic carbocycles. The molecule has 0 bridgehead atoms. The first kappa shape index (κ1) is 28.1. The van der Waals surface area contributed by atoms with Gasteiger partial charge in [-0.1, -0.05) is 57.8 Å². The summed E-state index contributed by atoms with van der Waals surface area (Å²) in [6, 6.07) is 0. The van der Waals surface area contributed by atoms with Crippen molar-refractivity contribution in [3.8, 4) is 0 Å². The van der Waals surface area contributed by atoms with Crippen molar-refractivity contribution in [3.05, 3.63) is 0 Å². The maximum Gasteiger partial charge on any atom is 0.0666 e. The largest absolute Gasteiger partial charge is 0.374 e. The summed E-state index contributed by atoms with van der Waals surface area (Å²) in [5.41, 5.74) is 0. The van der Waals surface area contributed by atoms with Gasteiger partial charge in [-0.05, 0) is 124 Å². The molecule has 15 unspecified atom stereocenters. The van der Waals surface area contributed by atoms with E-state index in [2.05, 4.69) is 16.0 Å². The van der Waals surface area contributed by atoms with Gasteiger partial charge in [-0.15, -0.1) is 0 Å². The zero-order chi connectivity index (χ0) is 27.6. The molecule has 0 amide bonds. The van der Waals surface area contributed by atoms with E-state index in [-0.39, 0.29) is 0 Å². The van der Waals surface area contributed by atoms with Crippen molar-refractivity contribution in [2.75, 3.05) is 0 Å². The SMILES string of the molecule is C1CCC(C2NC(C3CCC4OC5C6CCCCC6CCC5C4C3)NC(C3CCCC4C5CCCCC5OC34)N2)CC1. The number of fused-ring (bicyclic) bond motifs is 8. The fraction of sp³-hybridized carbons (Fsp3) is 1.00. The Morgan fingerprint density at radius 3 is 1.79 bits per heavy atom. The highest BCUT2D eigenvalue weighted by molar-refractivity contribution is 5.05. The molecular weight excluding hydrogens is 518 g/mol. The second kappa shape index (κ2) is 11.9. The van der Waals surface area contributed by atoms with E-state index in [9.17, 15) is 0 Å². The molecule has 0 aromatic carbocycles. The van der Waals surface area contributed by atoms with E-state index in [4.69, 9.17) is 9.47 Å².